The molecule has 1 aromatic heterocycles. The minimum atomic E-state index is -0.659. The Morgan fingerprint density at radius 3 is 2.44 bits per heavy atom. The fourth-order valence-corrected chi connectivity index (χ4v) is 5.31. The number of ether oxygens (including phenoxy) is 3. The van der Waals surface area contributed by atoms with E-state index in [2.05, 4.69) is 5.32 Å². The van der Waals surface area contributed by atoms with E-state index in [9.17, 15) is 9.59 Å². The Hall–Kier alpha value is -4.26. The van der Waals surface area contributed by atoms with Crippen molar-refractivity contribution >= 4 is 22.6 Å². The molecule has 7 heteroatoms. The van der Waals surface area contributed by atoms with Crippen LogP contribution in [0, 0.1) is 5.92 Å². The average Bonchev–Trinajstić information content (AvgIpc) is 2.87. The molecule has 0 aliphatic carbocycles. The van der Waals surface area contributed by atoms with Crippen molar-refractivity contribution in [2.45, 2.75) is 12.0 Å². The van der Waals surface area contributed by atoms with Crippen LogP contribution in [0.2, 0.25) is 0 Å². The number of carbonyl (C=O) groups excluding carboxylic acids is 1. The maximum atomic E-state index is 13.5. The summed E-state index contributed by atoms with van der Waals surface area (Å²) < 4.78 is 22.8. The van der Waals surface area contributed by atoms with Gasteiger partial charge in [0.25, 0.3) is 0 Å². The summed E-state index contributed by atoms with van der Waals surface area (Å²) in [6, 6.07) is 19.7. The molecule has 3 aromatic carbocycles. The van der Waals surface area contributed by atoms with Crippen LogP contribution in [0.4, 0.5) is 5.69 Å². The Balaban J connectivity index is 1.72. The van der Waals surface area contributed by atoms with E-state index < -0.39 is 23.5 Å². The number of carbonyl (C=O) groups is 1. The van der Waals surface area contributed by atoms with Crippen LogP contribution in [-0.4, -0.2) is 20.2 Å². The number of benzene rings is 3. The molecule has 3 heterocycles. The van der Waals surface area contributed by atoms with E-state index in [-0.39, 0.29) is 5.97 Å². The third-order valence-electron chi connectivity index (χ3n) is 6.69. The third-order valence-corrected chi connectivity index (χ3v) is 6.69. The standard InChI is InChI=1S/C27H21NO6/c1-31-19-13-7-10-16(25(19)32-2)20-21-14-8-3-5-11-17(14)34-27(30)24(21)28-23-15-9-4-6-12-18(15)33-26(29)22(20)23/h3-13,20,22-23,28H,1-2H3/t20-,22+,23-/m1/s1. The van der Waals surface area contributed by atoms with Crippen LogP contribution in [0.3, 0.4) is 0 Å². The lowest BCUT2D eigenvalue weighted by Gasteiger charge is -2.42. The lowest BCUT2D eigenvalue weighted by atomic mass is 9.70. The molecule has 0 amide bonds. The highest BCUT2D eigenvalue weighted by Crippen LogP contribution is 2.55. The van der Waals surface area contributed by atoms with Crippen molar-refractivity contribution in [1.29, 1.82) is 0 Å². The molecule has 3 atom stereocenters. The zero-order chi connectivity index (χ0) is 23.4. The fraction of sp³-hybridized carbons (Fsp3) is 0.185. The third kappa shape index (κ3) is 2.83. The summed E-state index contributed by atoms with van der Waals surface area (Å²) >= 11 is 0. The number of anilines is 1. The number of rotatable bonds is 3. The number of methoxy groups -OCH3 is 2. The second-order valence-corrected chi connectivity index (χ2v) is 8.34. The molecule has 0 unspecified atom stereocenters. The summed E-state index contributed by atoms with van der Waals surface area (Å²) in [5.41, 5.74) is 2.50. The minimum absolute atomic E-state index is 0.333. The first-order chi connectivity index (χ1) is 16.6. The number of hydrogen-bond acceptors (Lipinski definition) is 7. The van der Waals surface area contributed by atoms with Crippen molar-refractivity contribution in [3.8, 4) is 17.2 Å². The zero-order valence-electron chi connectivity index (χ0n) is 18.5. The number of para-hydroxylation sites is 3. The predicted octanol–water partition coefficient (Wildman–Crippen LogP) is 4.64. The van der Waals surface area contributed by atoms with E-state index in [1.807, 2.05) is 48.5 Å². The Morgan fingerprint density at radius 2 is 1.62 bits per heavy atom. The van der Waals surface area contributed by atoms with Gasteiger partial charge in [0.05, 0.1) is 26.2 Å². The smallest absolute Gasteiger partial charge is 0.360 e. The van der Waals surface area contributed by atoms with Crippen molar-refractivity contribution in [3.63, 3.8) is 0 Å². The van der Waals surface area contributed by atoms with E-state index in [1.54, 1.807) is 32.4 Å². The molecule has 1 N–H and O–H groups in total. The van der Waals surface area contributed by atoms with Crippen LogP contribution in [-0.2, 0) is 4.79 Å². The van der Waals surface area contributed by atoms with E-state index in [0.29, 0.717) is 34.1 Å². The van der Waals surface area contributed by atoms with E-state index >= 15 is 0 Å². The number of hydrogen-bond donors (Lipinski definition) is 1. The lowest BCUT2D eigenvalue weighted by molar-refractivity contribution is -0.141. The van der Waals surface area contributed by atoms with Gasteiger partial charge in [-0.15, -0.1) is 0 Å². The van der Waals surface area contributed by atoms with Crippen LogP contribution >= 0.6 is 0 Å². The highest BCUT2D eigenvalue weighted by Gasteiger charge is 2.50. The summed E-state index contributed by atoms with van der Waals surface area (Å²) in [5.74, 6) is -0.0749. The number of esters is 1. The maximum absolute atomic E-state index is 13.5. The summed E-state index contributed by atoms with van der Waals surface area (Å²) in [5, 5.41) is 4.07. The maximum Gasteiger partial charge on any atom is 0.360 e. The summed E-state index contributed by atoms with van der Waals surface area (Å²) in [6.45, 7) is 0. The van der Waals surface area contributed by atoms with Crippen LogP contribution < -0.4 is 25.2 Å². The summed E-state index contributed by atoms with van der Waals surface area (Å²) in [6.07, 6.45) is 0. The van der Waals surface area contributed by atoms with Gasteiger partial charge >= 0.3 is 11.6 Å². The van der Waals surface area contributed by atoms with Crippen LogP contribution in [0.5, 0.6) is 17.2 Å². The SMILES string of the molecule is COc1cccc([C@@H]2c3c(c(=O)oc4ccccc34)N[C@@H]3c4ccccc4OC(=O)[C@@H]23)c1OC. The molecule has 0 fully saturated rings. The molecular weight excluding hydrogens is 434 g/mol. The molecule has 0 saturated heterocycles. The van der Waals surface area contributed by atoms with E-state index in [1.165, 1.54) is 0 Å². The van der Waals surface area contributed by atoms with Gasteiger partial charge in [-0.1, -0.05) is 48.5 Å². The Kier molecular flexibility index (Phi) is 4.58. The first-order valence-corrected chi connectivity index (χ1v) is 11.0. The minimum Gasteiger partial charge on any atom is -0.493 e. The lowest BCUT2D eigenvalue weighted by Crippen LogP contribution is -2.44. The van der Waals surface area contributed by atoms with Crippen LogP contribution in [0.25, 0.3) is 11.0 Å². The van der Waals surface area contributed by atoms with E-state index in [0.717, 1.165) is 16.5 Å². The van der Waals surface area contributed by atoms with Gasteiger partial charge in [-0.3, -0.25) is 4.79 Å². The molecule has 2 aliphatic heterocycles. The van der Waals surface area contributed by atoms with Gasteiger partial charge in [-0.2, -0.15) is 0 Å². The van der Waals surface area contributed by atoms with Crippen molar-refractivity contribution in [1.82, 2.24) is 0 Å². The Bertz CT molecular complexity index is 1510. The van der Waals surface area contributed by atoms with Gasteiger partial charge in [0, 0.05) is 28.0 Å². The number of fused-ring (bicyclic) bond motifs is 6. The monoisotopic (exact) mass is 455 g/mol. The molecule has 4 aromatic rings. The fourth-order valence-electron chi connectivity index (χ4n) is 5.31. The second-order valence-electron chi connectivity index (χ2n) is 8.34. The molecular formula is C27H21NO6. The predicted molar refractivity (Wildman–Crippen MR) is 126 cm³/mol. The van der Waals surface area contributed by atoms with Gasteiger partial charge in [0.2, 0.25) is 0 Å². The Morgan fingerprint density at radius 1 is 0.853 bits per heavy atom. The van der Waals surface area contributed by atoms with Gasteiger partial charge in [-0.05, 0) is 18.2 Å². The molecule has 0 spiro atoms. The van der Waals surface area contributed by atoms with Crippen molar-refractivity contribution in [3.05, 3.63) is 93.8 Å². The highest BCUT2D eigenvalue weighted by molar-refractivity contribution is 5.91. The molecule has 0 radical (unpaired) electrons. The van der Waals surface area contributed by atoms with E-state index in [4.69, 9.17) is 18.6 Å². The molecule has 170 valence electrons. The molecule has 0 bridgehead atoms. The van der Waals surface area contributed by atoms with Gasteiger partial charge in [0.1, 0.15) is 17.0 Å². The first-order valence-electron chi connectivity index (χ1n) is 11.0. The van der Waals surface area contributed by atoms with Crippen LogP contribution in [0.15, 0.2) is 75.9 Å². The van der Waals surface area contributed by atoms with Gasteiger partial charge in [-0.25, -0.2) is 4.79 Å². The highest BCUT2D eigenvalue weighted by atomic mass is 16.5. The van der Waals surface area contributed by atoms with Crippen molar-refractivity contribution in [2.24, 2.45) is 5.92 Å². The molecule has 34 heavy (non-hydrogen) atoms. The molecule has 7 nitrogen and oxygen atoms in total. The molecule has 2 aliphatic rings. The topological polar surface area (TPSA) is 87.0 Å². The van der Waals surface area contributed by atoms with Crippen molar-refractivity contribution in [2.75, 3.05) is 19.5 Å². The molecule has 0 saturated carbocycles. The normalized spacial score (nSPS) is 20.4. The van der Waals surface area contributed by atoms with Gasteiger partial charge in [0.15, 0.2) is 11.5 Å². The number of nitrogens with one attached hydrogen (secondary N) is 1. The summed E-state index contributed by atoms with van der Waals surface area (Å²) in [7, 11) is 3.13. The Labute approximate surface area is 194 Å². The summed E-state index contributed by atoms with van der Waals surface area (Å²) in [4.78, 5) is 26.7. The largest absolute Gasteiger partial charge is 0.493 e. The zero-order valence-corrected chi connectivity index (χ0v) is 18.5. The van der Waals surface area contributed by atoms with Gasteiger partial charge < -0.3 is 23.9 Å². The first kappa shape index (κ1) is 20.4. The second kappa shape index (κ2) is 7.66. The molecule has 6 rings (SSSR count). The van der Waals surface area contributed by atoms with Crippen molar-refractivity contribution < 1.29 is 23.4 Å². The quantitative estimate of drug-likeness (QED) is 0.273. The van der Waals surface area contributed by atoms with Crippen LogP contribution in [0.1, 0.15) is 28.7 Å². The average molecular weight is 455 g/mol.